The third-order valence-corrected chi connectivity index (χ3v) is 5.73. The van der Waals surface area contributed by atoms with E-state index >= 15 is 0 Å². The second-order valence-electron chi connectivity index (χ2n) is 8.42. The zero-order valence-corrected chi connectivity index (χ0v) is 19.5. The predicted octanol–water partition coefficient (Wildman–Crippen LogP) is 5.64. The lowest BCUT2D eigenvalue weighted by atomic mass is 10.1. The molecule has 3 aromatic carbocycles. The molecule has 0 saturated heterocycles. The van der Waals surface area contributed by atoms with Crippen molar-refractivity contribution >= 4 is 17.5 Å². The fraction of sp³-hybridized carbons (Fsp3) is 0.172. The Kier molecular flexibility index (Phi) is 7.23. The molecule has 5 nitrogen and oxygen atoms in total. The number of aryl methyl sites for hydroxylation is 1. The zero-order valence-electron chi connectivity index (χ0n) is 19.5. The fourth-order valence-electron chi connectivity index (χ4n) is 3.73. The van der Waals surface area contributed by atoms with E-state index in [-0.39, 0.29) is 18.2 Å². The van der Waals surface area contributed by atoms with Crippen LogP contribution < -0.4 is 4.90 Å². The van der Waals surface area contributed by atoms with Crippen LogP contribution in [0.25, 0.3) is 0 Å². The third-order valence-electron chi connectivity index (χ3n) is 5.73. The van der Waals surface area contributed by atoms with Crippen LogP contribution in [0.4, 0.5) is 5.69 Å². The van der Waals surface area contributed by atoms with Crippen molar-refractivity contribution in [2.24, 2.45) is 0 Å². The van der Waals surface area contributed by atoms with Gasteiger partial charge in [-0.1, -0.05) is 60.2 Å². The maximum atomic E-state index is 13.4. The molecule has 0 aliphatic carbocycles. The number of anilines is 1. The van der Waals surface area contributed by atoms with E-state index in [1.807, 2.05) is 97.9 Å². The van der Waals surface area contributed by atoms with Crippen LogP contribution in [0.3, 0.4) is 0 Å². The Morgan fingerprint density at radius 3 is 2.12 bits per heavy atom. The molecule has 0 unspecified atom stereocenters. The van der Waals surface area contributed by atoms with Crippen LogP contribution in [0, 0.1) is 6.92 Å². The number of hydrogen-bond donors (Lipinski definition) is 0. The van der Waals surface area contributed by atoms with E-state index < -0.39 is 0 Å². The summed E-state index contributed by atoms with van der Waals surface area (Å²) < 4.78 is 5.33. The Bertz CT molecular complexity index is 1210. The molecule has 0 N–H and O–H groups in total. The zero-order chi connectivity index (χ0) is 23.9. The van der Waals surface area contributed by atoms with Gasteiger partial charge in [0.15, 0.2) is 0 Å². The quantitative estimate of drug-likeness (QED) is 0.348. The first-order valence-electron chi connectivity index (χ1n) is 11.3. The van der Waals surface area contributed by atoms with E-state index in [1.165, 1.54) is 0 Å². The normalized spacial score (nSPS) is 10.6. The summed E-state index contributed by atoms with van der Waals surface area (Å²) in [5, 5.41) is 0. The average Bonchev–Trinajstić information content (AvgIpc) is 3.37. The number of hydrogen-bond acceptors (Lipinski definition) is 3. The van der Waals surface area contributed by atoms with Crippen molar-refractivity contribution in [1.82, 2.24) is 4.90 Å². The fourth-order valence-corrected chi connectivity index (χ4v) is 3.73. The summed E-state index contributed by atoms with van der Waals surface area (Å²) in [5.41, 5.74) is 4.47. The van der Waals surface area contributed by atoms with Crippen LogP contribution in [0.15, 0.2) is 102 Å². The van der Waals surface area contributed by atoms with Crippen molar-refractivity contribution in [2.45, 2.75) is 26.4 Å². The van der Waals surface area contributed by atoms with Gasteiger partial charge in [0.25, 0.3) is 5.91 Å². The highest BCUT2D eigenvalue weighted by Gasteiger charge is 2.19. The molecule has 0 bridgehead atoms. The van der Waals surface area contributed by atoms with Gasteiger partial charge in [0.1, 0.15) is 5.76 Å². The molecular formula is C29H28N2O3. The molecule has 2 amide bonds. The summed E-state index contributed by atoms with van der Waals surface area (Å²) >= 11 is 0. The highest BCUT2D eigenvalue weighted by molar-refractivity contribution is 6.06. The lowest BCUT2D eigenvalue weighted by Crippen LogP contribution is -2.30. The van der Waals surface area contributed by atoms with E-state index in [0.717, 1.165) is 28.1 Å². The van der Waals surface area contributed by atoms with Crippen molar-refractivity contribution in [3.63, 3.8) is 0 Å². The van der Waals surface area contributed by atoms with Gasteiger partial charge in [0, 0.05) is 18.3 Å². The van der Waals surface area contributed by atoms with Crippen molar-refractivity contribution in [1.29, 1.82) is 0 Å². The van der Waals surface area contributed by atoms with Gasteiger partial charge in [-0.05, 0) is 54.4 Å². The first kappa shape index (κ1) is 23.1. The summed E-state index contributed by atoms with van der Waals surface area (Å²) in [5.74, 6) is 0.684. The van der Waals surface area contributed by atoms with Crippen molar-refractivity contribution in [3.8, 4) is 0 Å². The number of likely N-dealkylation sites (N-methyl/N-ethyl adjacent to an activating group) is 1. The number of carbonyl (C=O) groups is 2. The van der Waals surface area contributed by atoms with Crippen molar-refractivity contribution in [2.75, 3.05) is 11.9 Å². The summed E-state index contributed by atoms with van der Waals surface area (Å²) in [6.45, 7) is 2.89. The second-order valence-corrected chi connectivity index (χ2v) is 8.42. The average molecular weight is 453 g/mol. The van der Waals surface area contributed by atoms with Crippen LogP contribution in [-0.4, -0.2) is 23.8 Å². The smallest absolute Gasteiger partial charge is 0.258 e. The molecule has 34 heavy (non-hydrogen) atoms. The second kappa shape index (κ2) is 10.7. The van der Waals surface area contributed by atoms with E-state index in [2.05, 4.69) is 0 Å². The maximum absolute atomic E-state index is 13.4. The van der Waals surface area contributed by atoms with E-state index in [0.29, 0.717) is 18.7 Å². The molecule has 0 fully saturated rings. The first-order valence-corrected chi connectivity index (χ1v) is 11.3. The predicted molar refractivity (Wildman–Crippen MR) is 133 cm³/mol. The number of furan rings is 1. The van der Waals surface area contributed by atoms with Gasteiger partial charge >= 0.3 is 0 Å². The van der Waals surface area contributed by atoms with E-state index in [4.69, 9.17) is 4.42 Å². The lowest BCUT2D eigenvalue weighted by molar-refractivity contribution is -0.129. The molecule has 4 rings (SSSR count). The third kappa shape index (κ3) is 5.81. The monoisotopic (exact) mass is 452 g/mol. The minimum atomic E-state index is -0.0640. The van der Waals surface area contributed by atoms with Gasteiger partial charge < -0.3 is 14.2 Å². The number of carbonyl (C=O) groups excluding carboxylic acids is 2. The van der Waals surface area contributed by atoms with Gasteiger partial charge in [-0.3, -0.25) is 9.59 Å². The number of benzene rings is 3. The van der Waals surface area contributed by atoms with Gasteiger partial charge in [-0.25, -0.2) is 0 Å². The molecule has 172 valence electrons. The van der Waals surface area contributed by atoms with Crippen LogP contribution in [-0.2, 0) is 24.3 Å². The molecule has 5 heteroatoms. The number of rotatable bonds is 8. The molecule has 4 aromatic rings. The lowest BCUT2D eigenvalue weighted by Gasteiger charge is -2.24. The van der Waals surface area contributed by atoms with Crippen LogP contribution >= 0.6 is 0 Å². The summed E-state index contributed by atoms with van der Waals surface area (Å²) in [4.78, 5) is 29.5. The van der Waals surface area contributed by atoms with E-state index in [9.17, 15) is 9.59 Å². The molecule has 0 aliphatic heterocycles. The highest BCUT2D eigenvalue weighted by atomic mass is 16.3. The first-order chi connectivity index (χ1) is 16.5. The summed E-state index contributed by atoms with van der Waals surface area (Å²) in [7, 11) is 1.76. The SMILES string of the molecule is Cc1ccc(C(=O)N(Cc2ccccc2)c2ccc(CC(=O)N(C)Cc3ccco3)cc2)cc1. The largest absolute Gasteiger partial charge is 0.467 e. The molecule has 0 saturated carbocycles. The Morgan fingerprint density at radius 1 is 0.765 bits per heavy atom. The van der Waals surface area contributed by atoms with Gasteiger partial charge in [-0.15, -0.1) is 0 Å². The van der Waals surface area contributed by atoms with Crippen LogP contribution in [0.1, 0.15) is 32.8 Å². The summed E-state index contributed by atoms with van der Waals surface area (Å²) in [6.07, 6.45) is 1.88. The molecule has 0 atom stereocenters. The summed E-state index contributed by atoms with van der Waals surface area (Å²) in [6, 6.07) is 28.8. The molecular weight excluding hydrogens is 424 g/mol. The van der Waals surface area contributed by atoms with Crippen molar-refractivity contribution in [3.05, 3.63) is 125 Å². The maximum Gasteiger partial charge on any atom is 0.258 e. The number of amides is 2. The Labute approximate surface area is 200 Å². The van der Waals surface area contributed by atoms with Gasteiger partial charge in [-0.2, -0.15) is 0 Å². The number of nitrogens with zero attached hydrogens (tertiary/aromatic N) is 2. The topological polar surface area (TPSA) is 53.8 Å². The minimum Gasteiger partial charge on any atom is -0.467 e. The van der Waals surface area contributed by atoms with E-state index in [1.54, 1.807) is 23.1 Å². The van der Waals surface area contributed by atoms with Gasteiger partial charge in [0.2, 0.25) is 5.91 Å². The Hall–Kier alpha value is -4.12. The molecule has 0 aliphatic rings. The Morgan fingerprint density at radius 2 is 1.47 bits per heavy atom. The van der Waals surface area contributed by atoms with Crippen LogP contribution in [0.2, 0.25) is 0 Å². The molecule has 0 spiro atoms. The highest BCUT2D eigenvalue weighted by Crippen LogP contribution is 2.22. The minimum absolute atomic E-state index is 0.000948. The van der Waals surface area contributed by atoms with Crippen LogP contribution in [0.5, 0.6) is 0 Å². The van der Waals surface area contributed by atoms with Gasteiger partial charge in [0.05, 0.1) is 25.8 Å². The Balaban J connectivity index is 1.51. The molecule has 1 heterocycles. The molecule has 0 radical (unpaired) electrons. The van der Waals surface area contributed by atoms with Crippen molar-refractivity contribution < 1.29 is 14.0 Å². The molecule has 1 aromatic heterocycles. The standard InChI is InChI=1S/C29H28N2O3/c1-22-10-14-25(15-11-22)29(33)31(20-24-7-4-3-5-8-24)26-16-12-23(13-17-26)19-28(32)30(2)21-27-9-6-18-34-27/h3-18H,19-21H2,1-2H3.